The minimum Gasteiger partial charge on any atom is -0.343 e. The number of aromatic nitrogens is 2. The Morgan fingerprint density at radius 3 is 3.00 bits per heavy atom. The highest BCUT2D eigenvalue weighted by molar-refractivity contribution is 7.17. The van der Waals surface area contributed by atoms with E-state index in [1.54, 1.807) is 19.1 Å². The third-order valence-corrected chi connectivity index (χ3v) is 3.14. The molecule has 2 aromatic rings. The van der Waals surface area contributed by atoms with Gasteiger partial charge in [0.2, 0.25) is 6.39 Å². The molecule has 0 aliphatic carbocycles. The van der Waals surface area contributed by atoms with Crippen LogP contribution >= 0.6 is 22.9 Å². The van der Waals surface area contributed by atoms with E-state index in [1.807, 2.05) is 0 Å². The molecular formula is C9H8ClN3O2S. The van der Waals surface area contributed by atoms with Crippen LogP contribution in [0.25, 0.3) is 0 Å². The molecular weight excluding hydrogens is 250 g/mol. The van der Waals surface area contributed by atoms with Crippen LogP contribution in [-0.4, -0.2) is 16.0 Å². The number of nitrogens with one attached hydrogen (secondary N) is 1. The van der Waals surface area contributed by atoms with E-state index in [2.05, 4.69) is 20.0 Å². The lowest BCUT2D eigenvalue weighted by Crippen LogP contribution is -2.26. The molecule has 0 saturated heterocycles. The molecule has 1 unspecified atom stereocenters. The van der Waals surface area contributed by atoms with Crippen LogP contribution in [0.15, 0.2) is 23.0 Å². The third kappa shape index (κ3) is 2.40. The van der Waals surface area contributed by atoms with Crippen LogP contribution in [0.2, 0.25) is 4.34 Å². The molecule has 0 radical (unpaired) electrons. The Kier molecular flexibility index (Phi) is 3.21. The lowest BCUT2D eigenvalue weighted by molar-refractivity contribution is 0.0942. The van der Waals surface area contributed by atoms with Gasteiger partial charge < -0.3 is 9.84 Å². The molecule has 2 aromatic heterocycles. The Morgan fingerprint density at radius 1 is 1.62 bits per heavy atom. The molecule has 0 saturated carbocycles. The Labute approximate surface area is 100 Å². The van der Waals surface area contributed by atoms with Crippen molar-refractivity contribution in [3.05, 3.63) is 33.6 Å². The van der Waals surface area contributed by atoms with Gasteiger partial charge in [-0.3, -0.25) is 4.79 Å². The average molecular weight is 258 g/mol. The number of nitrogens with zero attached hydrogens (tertiary/aromatic N) is 2. The highest BCUT2D eigenvalue weighted by Crippen LogP contribution is 2.21. The van der Waals surface area contributed by atoms with E-state index in [9.17, 15) is 4.79 Å². The second-order valence-corrected chi connectivity index (χ2v) is 4.80. The van der Waals surface area contributed by atoms with Gasteiger partial charge in [0.05, 0.1) is 15.3 Å². The summed E-state index contributed by atoms with van der Waals surface area (Å²) in [6.07, 6.45) is 1.22. The number of thiophene rings is 1. The molecule has 1 atom stereocenters. The topological polar surface area (TPSA) is 68.0 Å². The van der Waals surface area contributed by atoms with Gasteiger partial charge in [0, 0.05) is 0 Å². The number of amides is 1. The van der Waals surface area contributed by atoms with Gasteiger partial charge in [-0.1, -0.05) is 16.8 Å². The number of hydrogen-bond acceptors (Lipinski definition) is 5. The van der Waals surface area contributed by atoms with E-state index in [1.165, 1.54) is 17.7 Å². The fourth-order valence-corrected chi connectivity index (χ4v) is 2.08. The normalized spacial score (nSPS) is 12.4. The Morgan fingerprint density at radius 2 is 2.44 bits per heavy atom. The standard InChI is InChI=1S/C9H8ClN3O2S/c1-5(8-11-4-15-13-8)12-9(14)6-2-3-7(10)16-6/h2-5H,1H3,(H,12,14). The van der Waals surface area contributed by atoms with Crippen molar-refractivity contribution in [2.24, 2.45) is 0 Å². The smallest absolute Gasteiger partial charge is 0.261 e. The summed E-state index contributed by atoms with van der Waals surface area (Å²) in [4.78, 5) is 16.1. The van der Waals surface area contributed by atoms with Crippen molar-refractivity contribution < 1.29 is 9.32 Å². The van der Waals surface area contributed by atoms with Gasteiger partial charge in [-0.05, 0) is 19.1 Å². The maximum absolute atomic E-state index is 11.7. The first-order valence-electron chi connectivity index (χ1n) is 4.49. The molecule has 1 amide bonds. The third-order valence-electron chi connectivity index (χ3n) is 1.91. The van der Waals surface area contributed by atoms with Crippen LogP contribution in [0, 0.1) is 0 Å². The molecule has 0 spiro atoms. The van der Waals surface area contributed by atoms with Crippen molar-refractivity contribution >= 4 is 28.8 Å². The monoisotopic (exact) mass is 257 g/mol. The van der Waals surface area contributed by atoms with Gasteiger partial charge >= 0.3 is 0 Å². The van der Waals surface area contributed by atoms with Crippen molar-refractivity contribution in [1.82, 2.24) is 15.5 Å². The van der Waals surface area contributed by atoms with E-state index in [4.69, 9.17) is 11.6 Å². The lowest BCUT2D eigenvalue weighted by Gasteiger charge is -2.08. The summed E-state index contributed by atoms with van der Waals surface area (Å²) in [6, 6.07) is 3.05. The summed E-state index contributed by atoms with van der Waals surface area (Å²) >= 11 is 6.96. The Balaban J connectivity index is 2.03. The lowest BCUT2D eigenvalue weighted by atomic mass is 10.3. The molecule has 0 aliphatic heterocycles. The first kappa shape index (κ1) is 11.1. The van der Waals surface area contributed by atoms with Crippen LogP contribution in [0.5, 0.6) is 0 Å². The van der Waals surface area contributed by atoms with Crippen molar-refractivity contribution in [1.29, 1.82) is 0 Å². The van der Waals surface area contributed by atoms with Gasteiger partial charge in [-0.25, -0.2) is 0 Å². The second kappa shape index (κ2) is 4.63. The van der Waals surface area contributed by atoms with Crippen LogP contribution in [0.3, 0.4) is 0 Å². The summed E-state index contributed by atoms with van der Waals surface area (Å²) in [5.74, 6) is 0.241. The van der Waals surface area contributed by atoms with Crippen LogP contribution in [0.1, 0.15) is 28.5 Å². The van der Waals surface area contributed by atoms with E-state index >= 15 is 0 Å². The molecule has 84 valence electrons. The van der Waals surface area contributed by atoms with Crippen LogP contribution in [0.4, 0.5) is 0 Å². The molecule has 0 aromatic carbocycles. The fraction of sp³-hybridized carbons (Fsp3) is 0.222. The number of carbonyl (C=O) groups excluding carboxylic acids is 1. The molecule has 5 nitrogen and oxygen atoms in total. The van der Waals surface area contributed by atoms with Crippen molar-refractivity contribution in [2.45, 2.75) is 13.0 Å². The fourth-order valence-electron chi connectivity index (χ4n) is 1.14. The first-order valence-corrected chi connectivity index (χ1v) is 5.68. The van der Waals surface area contributed by atoms with Crippen LogP contribution in [-0.2, 0) is 0 Å². The summed E-state index contributed by atoms with van der Waals surface area (Å²) in [7, 11) is 0. The highest BCUT2D eigenvalue weighted by Gasteiger charge is 2.15. The van der Waals surface area contributed by atoms with Gasteiger partial charge in [0.15, 0.2) is 5.82 Å². The predicted molar refractivity (Wildman–Crippen MR) is 59.5 cm³/mol. The Hall–Kier alpha value is -1.40. The van der Waals surface area contributed by atoms with Gasteiger partial charge in [0.1, 0.15) is 0 Å². The number of carbonyl (C=O) groups is 1. The van der Waals surface area contributed by atoms with E-state index < -0.39 is 0 Å². The first-order chi connectivity index (χ1) is 7.66. The zero-order valence-corrected chi connectivity index (χ0v) is 9.88. The average Bonchev–Trinajstić information content (AvgIpc) is 2.87. The molecule has 1 N–H and O–H groups in total. The summed E-state index contributed by atoms with van der Waals surface area (Å²) < 4.78 is 5.18. The van der Waals surface area contributed by atoms with Gasteiger partial charge in [0.25, 0.3) is 5.91 Å². The van der Waals surface area contributed by atoms with Crippen molar-refractivity contribution in [3.8, 4) is 0 Å². The molecule has 16 heavy (non-hydrogen) atoms. The quantitative estimate of drug-likeness (QED) is 0.916. The van der Waals surface area contributed by atoms with Crippen molar-refractivity contribution in [3.63, 3.8) is 0 Å². The zero-order chi connectivity index (χ0) is 11.5. The minimum atomic E-state index is -0.299. The van der Waals surface area contributed by atoms with Crippen molar-refractivity contribution in [2.75, 3.05) is 0 Å². The zero-order valence-electron chi connectivity index (χ0n) is 8.31. The van der Waals surface area contributed by atoms with Gasteiger partial charge in [-0.2, -0.15) is 4.98 Å². The second-order valence-electron chi connectivity index (χ2n) is 3.09. The molecule has 2 rings (SSSR count). The SMILES string of the molecule is CC(NC(=O)c1ccc(Cl)s1)c1ncon1. The summed E-state index contributed by atoms with van der Waals surface area (Å²) in [6.45, 7) is 1.78. The summed E-state index contributed by atoms with van der Waals surface area (Å²) in [5.41, 5.74) is 0. The maximum Gasteiger partial charge on any atom is 0.261 e. The molecule has 7 heteroatoms. The van der Waals surface area contributed by atoms with Gasteiger partial charge in [-0.15, -0.1) is 11.3 Å². The molecule has 0 fully saturated rings. The highest BCUT2D eigenvalue weighted by atomic mass is 35.5. The predicted octanol–water partition coefficient (Wildman–Crippen LogP) is 2.28. The number of rotatable bonds is 3. The molecule has 0 aliphatic rings. The van der Waals surface area contributed by atoms with E-state index in [0.29, 0.717) is 15.0 Å². The van der Waals surface area contributed by atoms with E-state index in [0.717, 1.165) is 0 Å². The number of halogens is 1. The van der Waals surface area contributed by atoms with Crippen LogP contribution < -0.4 is 5.32 Å². The largest absolute Gasteiger partial charge is 0.343 e. The maximum atomic E-state index is 11.7. The number of hydrogen-bond donors (Lipinski definition) is 1. The molecule has 2 heterocycles. The Bertz CT molecular complexity index is 483. The minimum absolute atomic E-state index is 0.200. The van der Waals surface area contributed by atoms with E-state index in [-0.39, 0.29) is 11.9 Å². The molecule has 0 bridgehead atoms. The summed E-state index contributed by atoms with van der Waals surface area (Å²) in [5, 5.41) is 6.38.